The number of carbonyl (C=O) groups is 1. The predicted octanol–water partition coefficient (Wildman–Crippen LogP) is 1.97. The van der Waals surface area contributed by atoms with Crippen molar-refractivity contribution < 1.29 is 17.9 Å². The average Bonchev–Trinajstić information content (AvgIpc) is 3.10. The van der Waals surface area contributed by atoms with Crippen LogP contribution in [0.1, 0.15) is 20.8 Å². The highest BCUT2D eigenvalue weighted by Crippen LogP contribution is 2.31. The van der Waals surface area contributed by atoms with E-state index in [0.29, 0.717) is 13.1 Å². The Balaban J connectivity index is 1.45. The molecular formula is C18H20N2O4S2. The number of rotatable bonds is 4. The Kier molecular flexibility index (Phi) is 4.60. The quantitative estimate of drug-likeness (QED) is 0.744. The molecule has 2 aliphatic rings. The van der Waals surface area contributed by atoms with Crippen LogP contribution in [0.5, 0.6) is 0 Å². The summed E-state index contributed by atoms with van der Waals surface area (Å²) < 4.78 is 31.8. The Morgan fingerprint density at radius 1 is 1.19 bits per heavy atom. The minimum absolute atomic E-state index is 0.0526. The fourth-order valence-electron chi connectivity index (χ4n) is 3.55. The van der Waals surface area contributed by atoms with Gasteiger partial charge in [0.2, 0.25) is 10.0 Å². The number of ether oxygens (including phenoxy) is 1. The average molecular weight is 393 g/mol. The number of methoxy groups -OCH3 is 1. The van der Waals surface area contributed by atoms with Crippen LogP contribution < -0.4 is 0 Å². The van der Waals surface area contributed by atoms with Crippen molar-refractivity contribution in [3.8, 4) is 0 Å². The van der Waals surface area contributed by atoms with Gasteiger partial charge in [-0.15, -0.1) is 11.3 Å². The number of hydrogen-bond donors (Lipinski definition) is 0. The van der Waals surface area contributed by atoms with Crippen molar-refractivity contribution in [3.05, 3.63) is 51.7 Å². The molecule has 8 heteroatoms. The van der Waals surface area contributed by atoms with E-state index in [2.05, 4.69) is 23.1 Å². The van der Waals surface area contributed by atoms with Crippen molar-refractivity contribution in [1.82, 2.24) is 9.21 Å². The Hall–Kier alpha value is -1.74. The van der Waals surface area contributed by atoms with Gasteiger partial charge in [0.15, 0.2) is 0 Å². The maximum absolute atomic E-state index is 12.8. The van der Waals surface area contributed by atoms with Gasteiger partial charge in [0.05, 0.1) is 7.11 Å². The molecule has 2 aromatic rings. The lowest BCUT2D eigenvalue weighted by molar-refractivity contribution is 0.0600. The Morgan fingerprint density at radius 3 is 2.65 bits per heavy atom. The van der Waals surface area contributed by atoms with Crippen LogP contribution in [0.2, 0.25) is 0 Å². The van der Waals surface area contributed by atoms with E-state index < -0.39 is 16.0 Å². The first kappa shape index (κ1) is 17.7. The number of nitrogens with zero attached hydrogens (tertiary/aromatic N) is 2. The number of hydrogen-bond acceptors (Lipinski definition) is 6. The first-order valence-corrected chi connectivity index (χ1v) is 10.8. The summed E-state index contributed by atoms with van der Waals surface area (Å²) >= 11 is 1.09. The standard InChI is InChI=1S/C18H20N2O4S2/c1-24-18(21)17-16(7-9-25-17)26(22,23)20-11-15(12-20)19-8-6-13-4-2-3-5-14(13)10-19/h2-5,7,9,15H,6,8,10-12H2,1H3. The van der Waals surface area contributed by atoms with Crippen LogP contribution in [0.15, 0.2) is 40.6 Å². The van der Waals surface area contributed by atoms with Gasteiger partial charge in [-0.05, 0) is 29.0 Å². The molecule has 0 unspecified atom stereocenters. The molecule has 2 aliphatic heterocycles. The zero-order chi connectivity index (χ0) is 18.3. The van der Waals surface area contributed by atoms with Crippen LogP contribution in [-0.4, -0.2) is 56.4 Å². The zero-order valence-electron chi connectivity index (χ0n) is 14.4. The number of fused-ring (bicyclic) bond motifs is 1. The third-order valence-electron chi connectivity index (χ3n) is 5.12. The molecule has 4 rings (SSSR count). The maximum atomic E-state index is 12.8. The number of thiophene rings is 1. The number of esters is 1. The Labute approximate surface area is 157 Å². The topological polar surface area (TPSA) is 66.9 Å². The molecular weight excluding hydrogens is 372 g/mol. The highest BCUT2D eigenvalue weighted by molar-refractivity contribution is 7.89. The lowest BCUT2D eigenvalue weighted by Crippen LogP contribution is -2.61. The molecule has 1 aromatic carbocycles. The van der Waals surface area contributed by atoms with Crippen LogP contribution in [0, 0.1) is 0 Å². The van der Waals surface area contributed by atoms with Gasteiger partial charge in [0.25, 0.3) is 0 Å². The van der Waals surface area contributed by atoms with Gasteiger partial charge in [0, 0.05) is 32.2 Å². The van der Waals surface area contributed by atoms with Crippen molar-refractivity contribution in [1.29, 1.82) is 0 Å². The second-order valence-electron chi connectivity index (χ2n) is 6.57. The number of benzene rings is 1. The second kappa shape index (κ2) is 6.77. The molecule has 0 amide bonds. The molecule has 138 valence electrons. The maximum Gasteiger partial charge on any atom is 0.349 e. The van der Waals surface area contributed by atoms with Crippen LogP contribution in [0.3, 0.4) is 0 Å². The smallest absolute Gasteiger partial charge is 0.349 e. The molecule has 0 saturated carbocycles. The summed E-state index contributed by atoms with van der Waals surface area (Å²) in [5, 5.41) is 1.61. The van der Waals surface area contributed by atoms with Crippen molar-refractivity contribution in [2.45, 2.75) is 23.9 Å². The molecule has 1 aromatic heterocycles. The van der Waals surface area contributed by atoms with Gasteiger partial charge in [-0.25, -0.2) is 13.2 Å². The molecule has 0 bridgehead atoms. The monoisotopic (exact) mass is 392 g/mol. The summed E-state index contributed by atoms with van der Waals surface area (Å²) in [6.45, 7) is 2.73. The lowest BCUT2D eigenvalue weighted by Gasteiger charge is -2.46. The molecule has 0 spiro atoms. The van der Waals surface area contributed by atoms with Crippen LogP contribution in [0.25, 0.3) is 0 Å². The second-order valence-corrected chi connectivity index (χ2v) is 9.39. The highest BCUT2D eigenvalue weighted by Gasteiger charge is 2.42. The Bertz CT molecular complexity index is 932. The third-order valence-corrected chi connectivity index (χ3v) is 8.02. The predicted molar refractivity (Wildman–Crippen MR) is 98.8 cm³/mol. The molecule has 0 aliphatic carbocycles. The van der Waals surface area contributed by atoms with Crippen LogP contribution in [-0.2, 0) is 27.7 Å². The fraction of sp³-hybridized carbons (Fsp3) is 0.389. The summed E-state index contributed by atoms with van der Waals surface area (Å²) in [5.74, 6) is -0.608. The molecule has 1 fully saturated rings. The van der Waals surface area contributed by atoms with Gasteiger partial charge in [0.1, 0.15) is 9.77 Å². The molecule has 0 atom stereocenters. The molecule has 0 radical (unpaired) electrons. The minimum atomic E-state index is -3.66. The summed E-state index contributed by atoms with van der Waals surface area (Å²) in [7, 11) is -2.40. The molecule has 1 saturated heterocycles. The van der Waals surface area contributed by atoms with Crippen molar-refractivity contribution in [2.24, 2.45) is 0 Å². The van der Waals surface area contributed by atoms with Gasteiger partial charge in [-0.1, -0.05) is 24.3 Å². The zero-order valence-corrected chi connectivity index (χ0v) is 16.1. The van der Waals surface area contributed by atoms with Gasteiger partial charge < -0.3 is 4.74 Å². The van der Waals surface area contributed by atoms with Crippen molar-refractivity contribution >= 4 is 27.3 Å². The lowest BCUT2D eigenvalue weighted by atomic mass is 9.97. The molecule has 26 heavy (non-hydrogen) atoms. The fourth-order valence-corrected chi connectivity index (χ4v) is 6.38. The van der Waals surface area contributed by atoms with E-state index in [9.17, 15) is 13.2 Å². The van der Waals surface area contributed by atoms with Gasteiger partial charge in [-0.2, -0.15) is 4.31 Å². The summed E-state index contributed by atoms with van der Waals surface area (Å²) in [6.07, 6.45) is 0.996. The van der Waals surface area contributed by atoms with E-state index in [0.717, 1.165) is 30.8 Å². The van der Waals surface area contributed by atoms with E-state index in [4.69, 9.17) is 4.74 Å². The van der Waals surface area contributed by atoms with Gasteiger partial charge in [-0.3, -0.25) is 4.90 Å². The number of carbonyl (C=O) groups excluding carboxylic acids is 1. The van der Waals surface area contributed by atoms with E-state index >= 15 is 0 Å². The number of sulfonamides is 1. The van der Waals surface area contributed by atoms with E-state index in [1.165, 1.54) is 28.6 Å². The first-order chi connectivity index (χ1) is 12.5. The largest absolute Gasteiger partial charge is 0.465 e. The molecule has 6 nitrogen and oxygen atoms in total. The first-order valence-electron chi connectivity index (χ1n) is 8.47. The highest BCUT2D eigenvalue weighted by atomic mass is 32.2. The third kappa shape index (κ3) is 2.96. The van der Waals surface area contributed by atoms with Crippen molar-refractivity contribution in [3.63, 3.8) is 0 Å². The van der Waals surface area contributed by atoms with Crippen molar-refractivity contribution in [2.75, 3.05) is 26.7 Å². The normalized spacial score (nSPS) is 19.0. The molecule has 3 heterocycles. The van der Waals surface area contributed by atoms with Gasteiger partial charge >= 0.3 is 5.97 Å². The summed E-state index contributed by atoms with van der Waals surface area (Å²) in [4.78, 5) is 14.3. The van der Waals surface area contributed by atoms with E-state index in [-0.39, 0.29) is 15.8 Å². The Morgan fingerprint density at radius 2 is 1.92 bits per heavy atom. The minimum Gasteiger partial charge on any atom is -0.465 e. The summed E-state index contributed by atoms with van der Waals surface area (Å²) in [6, 6.07) is 10.1. The SMILES string of the molecule is COC(=O)c1sccc1S(=O)(=O)N1CC(N2CCc3ccccc3C2)C1. The van der Waals surface area contributed by atoms with Crippen LogP contribution in [0.4, 0.5) is 0 Å². The van der Waals surface area contributed by atoms with E-state index in [1.54, 1.807) is 5.38 Å². The molecule has 0 N–H and O–H groups in total. The van der Waals surface area contributed by atoms with E-state index in [1.807, 2.05) is 6.07 Å². The van der Waals surface area contributed by atoms with Crippen LogP contribution >= 0.6 is 11.3 Å². The summed E-state index contributed by atoms with van der Waals surface area (Å²) in [5.41, 5.74) is 2.71.